The van der Waals surface area contributed by atoms with Gasteiger partial charge in [0.1, 0.15) is 0 Å². The summed E-state index contributed by atoms with van der Waals surface area (Å²) in [6.07, 6.45) is 3.66. The molecule has 2 atom stereocenters. The highest BCUT2D eigenvalue weighted by atomic mass is 16.2. The molecular weight excluding hydrogens is 302 g/mol. The number of aromatic nitrogens is 1. The number of pyridine rings is 1. The molecule has 2 heterocycles. The Morgan fingerprint density at radius 2 is 1.88 bits per heavy atom. The van der Waals surface area contributed by atoms with E-state index in [1.807, 2.05) is 50.2 Å². The van der Waals surface area contributed by atoms with Crippen LogP contribution in [0.5, 0.6) is 0 Å². The average molecular weight is 323 g/mol. The van der Waals surface area contributed by atoms with E-state index in [1.54, 1.807) is 17.3 Å². The van der Waals surface area contributed by atoms with Crippen molar-refractivity contribution in [2.45, 2.75) is 26.3 Å². The van der Waals surface area contributed by atoms with E-state index in [1.165, 1.54) is 0 Å². The molecule has 0 radical (unpaired) electrons. The molecule has 5 heteroatoms. The summed E-state index contributed by atoms with van der Waals surface area (Å²) in [5.74, 6) is -0.402. The summed E-state index contributed by atoms with van der Waals surface area (Å²) in [5, 5.41) is 2.99. The summed E-state index contributed by atoms with van der Waals surface area (Å²) >= 11 is 0. The number of hydrogen-bond donors (Lipinski definition) is 1. The maximum absolute atomic E-state index is 12.5. The number of carbonyl (C=O) groups excluding carboxylic acids is 2. The summed E-state index contributed by atoms with van der Waals surface area (Å²) in [5.41, 5.74) is 2.99. The van der Waals surface area contributed by atoms with Crippen molar-refractivity contribution in [3.63, 3.8) is 0 Å². The second kappa shape index (κ2) is 6.83. The molecule has 2 amide bonds. The van der Waals surface area contributed by atoms with Gasteiger partial charge in [-0.3, -0.25) is 14.6 Å². The van der Waals surface area contributed by atoms with E-state index >= 15 is 0 Å². The highest BCUT2D eigenvalue weighted by Crippen LogP contribution is 2.26. The Morgan fingerprint density at radius 3 is 2.54 bits per heavy atom. The van der Waals surface area contributed by atoms with Gasteiger partial charge < -0.3 is 10.2 Å². The first-order valence-corrected chi connectivity index (χ1v) is 8.12. The highest BCUT2D eigenvalue weighted by Gasteiger charge is 2.35. The zero-order chi connectivity index (χ0) is 17.1. The van der Waals surface area contributed by atoms with E-state index in [2.05, 4.69) is 10.3 Å². The zero-order valence-corrected chi connectivity index (χ0v) is 13.9. The van der Waals surface area contributed by atoms with Crippen LogP contribution < -0.4 is 10.2 Å². The molecule has 0 bridgehead atoms. The topological polar surface area (TPSA) is 62.3 Å². The number of benzene rings is 1. The molecule has 1 N–H and O–H groups in total. The van der Waals surface area contributed by atoms with Crippen LogP contribution in [0.25, 0.3) is 0 Å². The number of carbonyl (C=O) groups is 2. The Bertz CT molecular complexity index is 728. The molecule has 0 spiro atoms. The van der Waals surface area contributed by atoms with Crippen LogP contribution >= 0.6 is 0 Å². The van der Waals surface area contributed by atoms with Gasteiger partial charge in [-0.2, -0.15) is 0 Å². The molecule has 1 fully saturated rings. The maximum Gasteiger partial charge on any atom is 0.227 e. The van der Waals surface area contributed by atoms with Gasteiger partial charge in [0.2, 0.25) is 11.8 Å². The van der Waals surface area contributed by atoms with Crippen LogP contribution in [0, 0.1) is 12.8 Å². The van der Waals surface area contributed by atoms with Crippen LogP contribution in [0.15, 0.2) is 48.8 Å². The smallest absolute Gasteiger partial charge is 0.227 e. The van der Waals surface area contributed by atoms with Gasteiger partial charge in [-0.1, -0.05) is 17.7 Å². The van der Waals surface area contributed by atoms with Crippen molar-refractivity contribution in [2.75, 3.05) is 11.4 Å². The monoisotopic (exact) mass is 323 g/mol. The highest BCUT2D eigenvalue weighted by molar-refractivity contribution is 6.00. The molecule has 1 aromatic heterocycles. The SMILES string of the molecule is Cc1ccc(N2CC(C(=O)NC(C)c3ccncc3)CC2=O)cc1. The Hall–Kier alpha value is -2.69. The van der Waals surface area contributed by atoms with E-state index in [4.69, 9.17) is 0 Å². The van der Waals surface area contributed by atoms with Crippen LogP contribution in [0.4, 0.5) is 5.69 Å². The van der Waals surface area contributed by atoms with Crippen LogP contribution in [0.3, 0.4) is 0 Å². The number of amides is 2. The fourth-order valence-corrected chi connectivity index (χ4v) is 2.92. The molecule has 1 aromatic carbocycles. The van der Waals surface area contributed by atoms with Gasteiger partial charge >= 0.3 is 0 Å². The number of hydrogen-bond acceptors (Lipinski definition) is 3. The number of nitrogens with zero attached hydrogens (tertiary/aromatic N) is 2. The van der Waals surface area contributed by atoms with Crippen LogP contribution in [-0.2, 0) is 9.59 Å². The molecule has 5 nitrogen and oxygen atoms in total. The van der Waals surface area contributed by atoms with E-state index in [0.717, 1.165) is 16.8 Å². The van der Waals surface area contributed by atoms with Crippen molar-refractivity contribution in [3.05, 3.63) is 59.9 Å². The van der Waals surface area contributed by atoms with Crippen molar-refractivity contribution in [1.29, 1.82) is 0 Å². The third-order valence-corrected chi connectivity index (χ3v) is 4.41. The number of rotatable bonds is 4. The standard InChI is InChI=1S/C19H21N3O2/c1-13-3-5-17(6-4-13)22-12-16(11-18(22)23)19(24)21-14(2)15-7-9-20-10-8-15/h3-10,14,16H,11-12H2,1-2H3,(H,21,24). The number of anilines is 1. The molecule has 1 saturated heterocycles. The zero-order valence-electron chi connectivity index (χ0n) is 13.9. The van der Waals surface area contributed by atoms with Crippen molar-refractivity contribution in [2.24, 2.45) is 5.92 Å². The first-order valence-electron chi connectivity index (χ1n) is 8.12. The van der Waals surface area contributed by atoms with Gasteiger partial charge in [-0.15, -0.1) is 0 Å². The molecule has 24 heavy (non-hydrogen) atoms. The van der Waals surface area contributed by atoms with Crippen LogP contribution in [0.1, 0.15) is 30.5 Å². The summed E-state index contributed by atoms with van der Waals surface area (Å²) < 4.78 is 0. The number of nitrogens with one attached hydrogen (secondary N) is 1. The number of aryl methyl sites for hydroxylation is 1. The lowest BCUT2D eigenvalue weighted by atomic mass is 10.1. The molecule has 124 valence electrons. The lowest BCUT2D eigenvalue weighted by Crippen LogP contribution is -2.34. The van der Waals surface area contributed by atoms with Crippen LogP contribution in [-0.4, -0.2) is 23.3 Å². The minimum atomic E-state index is -0.317. The van der Waals surface area contributed by atoms with E-state index < -0.39 is 0 Å². The normalized spacial score (nSPS) is 18.5. The van der Waals surface area contributed by atoms with Gasteiger partial charge in [0.15, 0.2) is 0 Å². The maximum atomic E-state index is 12.5. The van der Waals surface area contributed by atoms with E-state index in [0.29, 0.717) is 6.54 Å². The second-order valence-corrected chi connectivity index (χ2v) is 6.25. The molecular formula is C19H21N3O2. The summed E-state index contributed by atoms with van der Waals surface area (Å²) in [7, 11) is 0. The third kappa shape index (κ3) is 3.45. The van der Waals surface area contributed by atoms with Crippen LogP contribution in [0.2, 0.25) is 0 Å². The van der Waals surface area contributed by atoms with Crippen molar-refractivity contribution in [3.8, 4) is 0 Å². The first kappa shape index (κ1) is 16.2. The summed E-state index contributed by atoms with van der Waals surface area (Å²) in [4.78, 5) is 30.4. The quantitative estimate of drug-likeness (QED) is 0.941. The molecule has 0 aliphatic carbocycles. The molecule has 2 aromatic rings. The van der Waals surface area contributed by atoms with Gasteiger partial charge in [0, 0.05) is 31.0 Å². The van der Waals surface area contributed by atoms with E-state index in [-0.39, 0.29) is 30.2 Å². The van der Waals surface area contributed by atoms with Gasteiger partial charge in [0.25, 0.3) is 0 Å². The Morgan fingerprint density at radius 1 is 1.21 bits per heavy atom. The molecule has 1 aliphatic rings. The van der Waals surface area contributed by atoms with Crippen molar-refractivity contribution in [1.82, 2.24) is 10.3 Å². The summed E-state index contributed by atoms with van der Waals surface area (Å²) in [6.45, 7) is 4.37. The lowest BCUT2D eigenvalue weighted by Gasteiger charge is -2.19. The van der Waals surface area contributed by atoms with Gasteiger partial charge in [0.05, 0.1) is 12.0 Å². The predicted molar refractivity (Wildman–Crippen MR) is 92.4 cm³/mol. The van der Waals surface area contributed by atoms with Gasteiger partial charge in [-0.05, 0) is 43.7 Å². The molecule has 1 aliphatic heterocycles. The Labute approximate surface area is 141 Å². The lowest BCUT2D eigenvalue weighted by molar-refractivity contribution is -0.126. The summed E-state index contributed by atoms with van der Waals surface area (Å²) in [6, 6.07) is 11.4. The third-order valence-electron chi connectivity index (χ3n) is 4.41. The molecule has 0 saturated carbocycles. The first-order chi connectivity index (χ1) is 11.5. The Balaban J connectivity index is 1.64. The predicted octanol–water partition coefficient (Wildman–Crippen LogP) is 2.62. The van der Waals surface area contributed by atoms with Crippen molar-refractivity contribution >= 4 is 17.5 Å². The fraction of sp³-hybridized carbons (Fsp3) is 0.316. The molecule has 2 unspecified atom stereocenters. The average Bonchev–Trinajstić information content (AvgIpc) is 2.98. The van der Waals surface area contributed by atoms with E-state index in [9.17, 15) is 9.59 Å². The second-order valence-electron chi connectivity index (χ2n) is 6.25. The Kier molecular flexibility index (Phi) is 4.60. The van der Waals surface area contributed by atoms with Gasteiger partial charge in [-0.25, -0.2) is 0 Å². The van der Waals surface area contributed by atoms with Crippen molar-refractivity contribution < 1.29 is 9.59 Å². The fourth-order valence-electron chi connectivity index (χ4n) is 2.92. The largest absolute Gasteiger partial charge is 0.349 e. The minimum Gasteiger partial charge on any atom is -0.349 e. The minimum absolute atomic E-state index is 0.00410. The molecule has 3 rings (SSSR count).